The highest BCUT2D eigenvalue weighted by atomic mass is 16.6. The van der Waals surface area contributed by atoms with Gasteiger partial charge in [0.2, 0.25) is 0 Å². The van der Waals surface area contributed by atoms with Gasteiger partial charge in [0.15, 0.2) is 0 Å². The second kappa shape index (κ2) is 9.06. The summed E-state index contributed by atoms with van der Waals surface area (Å²) in [6.45, 7) is 2.76. The van der Waals surface area contributed by atoms with Crippen molar-refractivity contribution in [1.29, 1.82) is 0 Å². The van der Waals surface area contributed by atoms with Crippen LogP contribution in [0.15, 0.2) is 96.2 Å². The molecule has 3 heteroatoms. The molecule has 0 radical (unpaired) electrons. The van der Waals surface area contributed by atoms with Crippen molar-refractivity contribution in [2.75, 3.05) is 7.05 Å². The Kier molecular flexibility index (Phi) is 6.06. The summed E-state index contributed by atoms with van der Waals surface area (Å²) in [6.07, 6.45) is 0.875. The van der Waals surface area contributed by atoms with E-state index >= 15 is 0 Å². The van der Waals surface area contributed by atoms with Crippen molar-refractivity contribution in [1.82, 2.24) is 4.90 Å². The topological polar surface area (TPSA) is 24.8 Å². The van der Waals surface area contributed by atoms with E-state index in [0.717, 1.165) is 17.7 Å². The Morgan fingerprint density at radius 2 is 1.38 bits per heavy atom. The zero-order valence-electron chi connectivity index (χ0n) is 17.1. The van der Waals surface area contributed by atoms with Gasteiger partial charge in [0.1, 0.15) is 6.61 Å². The molecule has 0 amide bonds. The normalized spacial score (nSPS) is 23.8. The van der Waals surface area contributed by atoms with E-state index in [9.17, 15) is 0 Å². The van der Waals surface area contributed by atoms with Gasteiger partial charge in [-0.2, -0.15) is 0 Å². The van der Waals surface area contributed by atoms with Crippen molar-refractivity contribution in [3.05, 3.63) is 108 Å². The van der Waals surface area contributed by atoms with E-state index in [4.69, 9.17) is 4.84 Å². The van der Waals surface area contributed by atoms with Gasteiger partial charge in [-0.05, 0) is 23.7 Å². The quantitative estimate of drug-likeness (QED) is 0.503. The van der Waals surface area contributed by atoms with E-state index in [0.29, 0.717) is 6.61 Å². The van der Waals surface area contributed by atoms with Crippen LogP contribution in [0.4, 0.5) is 0 Å². The van der Waals surface area contributed by atoms with Gasteiger partial charge >= 0.3 is 0 Å². The Hall–Kier alpha value is -2.91. The standard InChI is InChI=1S/C26H28N2O/c1-20-24(27-29-19-21-12-6-3-7-13-21)18-25(22-14-8-4-9-15-22)28(2)26(20)23-16-10-5-11-17-23/h3-17,20,25-26H,18-19H2,1-2H3/b27-24+. The fraction of sp³-hybridized carbons (Fsp3) is 0.269. The SMILES string of the molecule is CC1/C(=N/OCc2ccccc2)CC(c2ccccc2)N(C)C1c1ccccc1. The lowest BCUT2D eigenvalue weighted by Crippen LogP contribution is -2.42. The van der Waals surface area contributed by atoms with Crippen LogP contribution in [0.2, 0.25) is 0 Å². The molecule has 3 aromatic rings. The number of oxime groups is 1. The summed E-state index contributed by atoms with van der Waals surface area (Å²) in [5.74, 6) is 0.276. The van der Waals surface area contributed by atoms with Gasteiger partial charge in [-0.25, -0.2) is 0 Å². The summed E-state index contributed by atoms with van der Waals surface area (Å²) in [5.41, 5.74) is 4.90. The van der Waals surface area contributed by atoms with Crippen LogP contribution in [-0.4, -0.2) is 17.7 Å². The predicted molar refractivity (Wildman–Crippen MR) is 119 cm³/mol. The molecule has 0 aliphatic carbocycles. The first kappa shape index (κ1) is 19.4. The van der Waals surface area contributed by atoms with Gasteiger partial charge in [0.05, 0.1) is 5.71 Å². The van der Waals surface area contributed by atoms with Crippen molar-refractivity contribution in [2.45, 2.75) is 32.0 Å². The summed E-state index contributed by atoms with van der Waals surface area (Å²) in [7, 11) is 2.23. The molecule has 1 aliphatic rings. The monoisotopic (exact) mass is 384 g/mol. The number of hydrogen-bond donors (Lipinski definition) is 0. The minimum Gasteiger partial charge on any atom is -0.391 e. The lowest BCUT2D eigenvalue weighted by molar-refractivity contribution is 0.105. The minimum atomic E-state index is 0.259. The second-order valence-corrected chi connectivity index (χ2v) is 7.78. The summed E-state index contributed by atoms with van der Waals surface area (Å²) in [5, 5.41) is 4.64. The van der Waals surface area contributed by atoms with E-state index in [-0.39, 0.29) is 18.0 Å². The highest BCUT2D eigenvalue weighted by molar-refractivity contribution is 5.88. The third-order valence-electron chi connectivity index (χ3n) is 5.91. The van der Waals surface area contributed by atoms with Gasteiger partial charge in [0, 0.05) is 24.4 Å². The Labute approximate surface area is 173 Å². The Morgan fingerprint density at radius 3 is 2.00 bits per heavy atom. The molecule has 148 valence electrons. The molecule has 1 aliphatic heterocycles. The average molecular weight is 385 g/mol. The maximum absolute atomic E-state index is 5.80. The highest BCUT2D eigenvalue weighted by Crippen LogP contribution is 2.42. The molecule has 0 saturated carbocycles. The largest absolute Gasteiger partial charge is 0.391 e. The first-order valence-electron chi connectivity index (χ1n) is 10.3. The summed E-state index contributed by atoms with van der Waals surface area (Å²) >= 11 is 0. The van der Waals surface area contributed by atoms with Crippen LogP contribution < -0.4 is 0 Å². The van der Waals surface area contributed by atoms with E-state index in [1.807, 2.05) is 18.2 Å². The molecule has 4 rings (SSSR count). The van der Waals surface area contributed by atoms with Gasteiger partial charge < -0.3 is 4.84 Å². The molecular formula is C26H28N2O. The first-order chi connectivity index (χ1) is 14.2. The fourth-order valence-corrected chi connectivity index (χ4v) is 4.34. The lowest BCUT2D eigenvalue weighted by Gasteiger charge is -2.44. The van der Waals surface area contributed by atoms with E-state index < -0.39 is 0 Å². The van der Waals surface area contributed by atoms with Gasteiger partial charge in [-0.15, -0.1) is 0 Å². The van der Waals surface area contributed by atoms with Crippen molar-refractivity contribution < 1.29 is 4.84 Å². The minimum absolute atomic E-state index is 0.259. The van der Waals surface area contributed by atoms with Gasteiger partial charge in [-0.3, -0.25) is 4.90 Å². The van der Waals surface area contributed by atoms with E-state index in [2.05, 4.69) is 96.8 Å². The van der Waals surface area contributed by atoms with E-state index in [1.165, 1.54) is 11.1 Å². The Balaban J connectivity index is 1.62. The smallest absolute Gasteiger partial charge is 0.142 e. The number of likely N-dealkylation sites (tertiary alicyclic amines) is 1. The number of piperidine rings is 1. The fourth-order valence-electron chi connectivity index (χ4n) is 4.34. The molecular weight excluding hydrogens is 356 g/mol. The second-order valence-electron chi connectivity index (χ2n) is 7.78. The average Bonchev–Trinajstić information content (AvgIpc) is 2.77. The summed E-state index contributed by atoms with van der Waals surface area (Å²) in [6, 6.07) is 32.2. The van der Waals surface area contributed by atoms with Gasteiger partial charge in [0.25, 0.3) is 0 Å². The molecule has 3 atom stereocenters. The summed E-state index contributed by atoms with van der Waals surface area (Å²) in [4.78, 5) is 8.29. The maximum atomic E-state index is 5.80. The zero-order valence-corrected chi connectivity index (χ0v) is 17.1. The van der Waals surface area contributed by atoms with Crippen molar-refractivity contribution >= 4 is 5.71 Å². The molecule has 3 aromatic carbocycles. The third kappa shape index (κ3) is 4.41. The molecule has 1 saturated heterocycles. The number of nitrogens with zero attached hydrogens (tertiary/aromatic N) is 2. The highest BCUT2D eigenvalue weighted by Gasteiger charge is 2.38. The number of benzene rings is 3. The van der Waals surface area contributed by atoms with Crippen molar-refractivity contribution in [2.24, 2.45) is 11.1 Å². The lowest BCUT2D eigenvalue weighted by atomic mass is 9.80. The molecule has 0 N–H and O–H groups in total. The van der Waals surface area contributed by atoms with Crippen molar-refractivity contribution in [3.8, 4) is 0 Å². The van der Waals surface area contributed by atoms with Crippen LogP contribution in [0.25, 0.3) is 0 Å². The van der Waals surface area contributed by atoms with Crippen LogP contribution in [-0.2, 0) is 11.4 Å². The van der Waals surface area contributed by atoms with Crippen LogP contribution in [0.3, 0.4) is 0 Å². The third-order valence-corrected chi connectivity index (χ3v) is 5.91. The number of hydrogen-bond acceptors (Lipinski definition) is 3. The molecule has 0 bridgehead atoms. The van der Waals surface area contributed by atoms with Crippen LogP contribution >= 0.6 is 0 Å². The molecule has 3 nitrogen and oxygen atoms in total. The molecule has 0 aromatic heterocycles. The first-order valence-corrected chi connectivity index (χ1v) is 10.3. The molecule has 29 heavy (non-hydrogen) atoms. The van der Waals surface area contributed by atoms with Crippen LogP contribution in [0.5, 0.6) is 0 Å². The Morgan fingerprint density at radius 1 is 0.828 bits per heavy atom. The molecule has 0 spiro atoms. The van der Waals surface area contributed by atoms with Gasteiger partial charge in [-0.1, -0.05) is 103 Å². The Bertz CT molecular complexity index is 925. The summed E-state index contributed by atoms with van der Waals surface area (Å²) < 4.78 is 0. The maximum Gasteiger partial charge on any atom is 0.142 e. The van der Waals surface area contributed by atoms with E-state index in [1.54, 1.807) is 0 Å². The zero-order chi connectivity index (χ0) is 20.1. The number of rotatable bonds is 5. The van der Waals surface area contributed by atoms with Crippen molar-refractivity contribution in [3.63, 3.8) is 0 Å². The van der Waals surface area contributed by atoms with Crippen LogP contribution in [0.1, 0.15) is 42.1 Å². The van der Waals surface area contributed by atoms with Crippen LogP contribution in [0, 0.1) is 5.92 Å². The molecule has 1 heterocycles. The predicted octanol–water partition coefficient (Wildman–Crippen LogP) is 6.01. The molecule has 1 fully saturated rings. The molecule has 3 unspecified atom stereocenters.